The van der Waals surface area contributed by atoms with Crippen LogP contribution in [0.2, 0.25) is 0 Å². The summed E-state index contributed by atoms with van der Waals surface area (Å²) in [5.74, 6) is 2.23. The largest absolute Gasteiger partial charge is 0.373 e. The summed E-state index contributed by atoms with van der Waals surface area (Å²) in [6, 6.07) is 2.00. The summed E-state index contributed by atoms with van der Waals surface area (Å²) < 4.78 is 7.49. The normalized spacial score (nSPS) is 21.0. The van der Waals surface area contributed by atoms with Crippen molar-refractivity contribution in [2.45, 2.75) is 64.6 Å². The molecule has 0 spiro atoms. The Kier molecular flexibility index (Phi) is 6.30. The van der Waals surface area contributed by atoms with E-state index in [4.69, 9.17) is 14.7 Å². The molecule has 0 bridgehead atoms. The lowest BCUT2D eigenvalue weighted by Gasteiger charge is -2.36. The van der Waals surface area contributed by atoms with Crippen LogP contribution in [0.15, 0.2) is 51.7 Å². The number of rotatable bonds is 5. The van der Waals surface area contributed by atoms with Crippen LogP contribution in [-0.2, 0) is 23.3 Å². The molecular weight excluding hydrogens is 482 g/mol. The molecule has 198 valence electrons. The summed E-state index contributed by atoms with van der Waals surface area (Å²) in [7, 11) is 0. The minimum Gasteiger partial charge on any atom is -0.373 e. The SMILES string of the molecule is CC(C)(C)c1cnc(C(=O)NC2CCCN(C3=C4C=C(Nc5cc6n(n5)CCOC6)N=C4CC=N3)C2)cn1. The first-order valence-corrected chi connectivity index (χ1v) is 13.2. The van der Waals surface area contributed by atoms with Gasteiger partial charge in [0.1, 0.15) is 17.3 Å². The first-order chi connectivity index (χ1) is 18.3. The third kappa shape index (κ3) is 4.98. The zero-order chi connectivity index (χ0) is 26.3. The lowest BCUT2D eigenvalue weighted by Crippen LogP contribution is -2.47. The van der Waals surface area contributed by atoms with Crippen molar-refractivity contribution in [3.63, 3.8) is 0 Å². The number of carbonyl (C=O) groups is 1. The van der Waals surface area contributed by atoms with Crippen LogP contribution in [0.5, 0.6) is 0 Å². The summed E-state index contributed by atoms with van der Waals surface area (Å²) in [4.78, 5) is 33.5. The number of hydrogen-bond donors (Lipinski definition) is 2. The van der Waals surface area contributed by atoms with Gasteiger partial charge in [-0.05, 0) is 18.9 Å². The van der Waals surface area contributed by atoms with Gasteiger partial charge in [-0.2, -0.15) is 5.10 Å². The lowest BCUT2D eigenvalue weighted by molar-refractivity contribution is 0.0801. The summed E-state index contributed by atoms with van der Waals surface area (Å²) in [5, 5.41) is 11.1. The van der Waals surface area contributed by atoms with E-state index in [-0.39, 0.29) is 17.4 Å². The van der Waals surface area contributed by atoms with Crippen LogP contribution >= 0.6 is 0 Å². The Morgan fingerprint density at radius 3 is 2.87 bits per heavy atom. The average molecular weight is 516 g/mol. The molecule has 1 fully saturated rings. The van der Waals surface area contributed by atoms with E-state index in [9.17, 15) is 4.79 Å². The van der Waals surface area contributed by atoms with Gasteiger partial charge in [0, 0.05) is 55.0 Å². The standard InChI is InChI=1S/C27H33N9O2/c1-27(2,3)22-14-29-21(13-30-22)26(37)31-17-5-4-8-35(15-17)25-19-12-23(32-20(19)6-7-28-25)33-24-11-18-16-38-10-9-36(18)34-24/h7,11-14,17H,4-6,8-10,15-16H2,1-3H3,(H,31,37)(H,33,34). The van der Waals surface area contributed by atoms with Gasteiger partial charge in [-0.15, -0.1) is 0 Å². The number of nitrogens with zero attached hydrogens (tertiary/aromatic N) is 7. The highest BCUT2D eigenvalue weighted by Gasteiger charge is 2.29. The molecule has 1 atom stereocenters. The van der Waals surface area contributed by atoms with Gasteiger partial charge in [0.25, 0.3) is 5.91 Å². The van der Waals surface area contributed by atoms with Gasteiger partial charge in [0.2, 0.25) is 0 Å². The van der Waals surface area contributed by atoms with Crippen LogP contribution < -0.4 is 10.6 Å². The number of aromatic nitrogens is 4. The van der Waals surface area contributed by atoms with E-state index < -0.39 is 0 Å². The van der Waals surface area contributed by atoms with Crippen LogP contribution in [0.1, 0.15) is 61.9 Å². The number of hydrogen-bond acceptors (Lipinski definition) is 9. The number of anilines is 1. The van der Waals surface area contributed by atoms with Gasteiger partial charge in [-0.1, -0.05) is 20.8 Å². The van der Waals surface area contributed by atoms with E-state index in [1.54, 1.807) is 12.4 Å². The maximum Gasteiger partial charge on any atom is 0.271 e. The topological polar surface area (TPSA) is 122 Å². The molecule has 1 saturated heterocycles. The molecule has 0 saturated carbocycles. The van der Waals surface area contributed by atoms with Crippen molar-refractivity contribution in [3.05, 3.63) is 58.8 Å². The molecule has 2 aromatic rings. The quantitative estimate of drug-likeness (QED) is 0.628. The van der Waals surface area contributed by atoms with Gasteiger partial charge >= 0.3 is 0 Å². The monoisotopic (exact) mass is 515 g/mol. The lowest BCUT2D eigenvalue weighted by atomic mass is 9.93. The number of amides is 1. The van der Waals surface area contributed by atoms with Gasteiger partial charge in [0.05, 0.1) is 43.1 Å². The average Bonchev–Trinajstić information content (AvgIpc) is 3.51. The third-order valence-electron chi connectivity index (χ3n) is 7.11. The third-order valence-corrected chi connectivity index (χ3v) is 7.11. The molecule has 2 N–H and O–H groups in total. The number of fused-ring (bicyclic) bond motifs is 2. The fourth-order valence-electron chi connectivity index (χ4n) is 5.08. The number of carbonyl (C=O) groups excluding carboxylic acids is 1. The molecule has 6 heterocycles. The van der Waals surface area contributed by atoms with Crippen LogP contribution in [0.25, 0.3) is 0 Å². The zero-order valence-corrected chi connectivity index (χ0v) is 22.1. The number of ether oxygens (including phenoxy) is 1. The Morgan fingerprint density at radius 1 is 1.18 bits per heavy atom. The van der Waals surface area contributed by atoms with E-state index in [1.165, 1.54) is 0 Å². The molecule has 2 aromatic heterocycles. The molecule has 1 amide bonds. The molecule has 4 aliphatic heterocycles. The van der Waals surface area contributed by atoms with Gasteiger partial charge in [-0.25, -0.2) is 15.0 Å². The summed E-state index contributed by atoms with van der Waals surface area (Å²) in [5.41, 5.74) is 4.16. The Bertz CT molecular complexity index is 1340. The second-order valence-corrected chi connectivity index (χ2v) is 11.1. The highest BCUT2D eigenvalue weighted by atomic mass is 16.5. The number of nitrogens with one attached hydrogen (secondary N) is 2. The number of likely N-dealkylation sites (tertiary alicyclic amines) is 1. The van der Waals surface area contributed by atoms with E-state index in [0.29, 0.717) is 31.9 Å². The van der Waals surface area contributed by atoms with E-state index in [1.807, 2.05) is 23.0 Å². The summed E-state index contributed by atoms with van der Waals surface area (Å²) >= 11 is 0. The molecular formula is C27H33N9O2. The van der Waals surface area contributed by atoms with Crippen LogP contribution in [0, 0.1) is 0 Å². The second kappa shape index (κ2) is 9.79. The van der Waals surface area contributed by atoms with Crippen molar-refractivity contribution in [3.8, 4) is 0 Å². The fraction of sp³-hybridized carbons (Fsp3) is 0.481. The highest BCUT2D eigenvalue weighted by Crippen LogP contribution is 2.29. The van der Waals surface area contributed by atoms with Crippen LogP contribution in [0.3, 0.4) is 0 Å². The van der Waals surface area contributed by atoms with Crippen molar-refractivity contribution in [1.29, 1.82) is 0 Å². The minimum atomic E-state index is -0.197. The first kappa shape index (κ1) is 24.5. The van der Waals surface area contributed by atoms with E-state index in [0.717, 1.165) is 66.1 Å². The summed E-state index contributed by atoms with van der Waals surface area (Å²) in [6.45, 7) is 9.79. The van der Waals surface area contributed by atoms with E-state index >= 15 is 0 Å². The Morgan fingerprint density at radius 2 is 2.08 bits per heavy atom. The van der Waals surface area contributed by atoms with E-state index in [2.05, 4.69) is 51.4 Å². The smallest absolute Gasteiger partial charge is 0.271 e. The Hall–Kier alpha value is -3.86. The van der Waals surface area contributed by atoms with Crippen molar-refractivity contribution in [2.24, 2.45) is 9.98 Å². The maximum atomic E-state index is 12.9. The molecule has 11 heteroatoms. The fourth-order valence-corrected chi connectivity index (χ4v) is 5.08. The van der Waals surface area contributed by atoms with Gasteiger partial charge in [-0.3, -0.25) is 14.5 Å². The first-order valence-electron chi connectivity index (χ1n) is 13.2. The zero-order valence-electron chi connectivity index (χ0n) is 22.1. The van der Waals surface area contributed by atoms with Crippen molar-refractivity contribution < 1.29 is 9.53 Å². The van der Waals surface area contributed by atoms with Crippen molar-refractivity contribution >= 4 is 23.7 Å². The Balaban J connectivity index is 1.14. The molecule has 38 heavy (non-hydrogen) atoms. The predicted molar refractivity (Wildman–Crippen MR) is 144 cm³/mol. The molecule has 0 aliphatic carbocycles. The second-order valence-electron chi connectivity index (χ2n) is 11.1. The molecule has 1 unspecified atom stereocenters. The molecule has 0 aromatic carbocycles. The van der Waals surface area contributed by atoms with Gasteiger partial charge < -0.3 is 20.3 Å². The van der Waals surface area contributed by atoms with Crippen LogP contribution in [-0.4, -0.2) is 68.2 Å². The predicted octanol–water partition coefficient (Wildman–Crippen LogP) is 2.79. The molecule has 0 radical (unpaired) electrons. The number of piperidine rings is 1. The van der Waals surface area contributed by atoms with Crippen LogP contribution in [0.4, 0.5) is 5.82 Å². The summed E-state index contributed by atoms with van der Waals surface area (Å²) in [6.07, 6.45) is 9.76. The maximum absolute atomic E-state index is 12.9. The number of allylic oxidation sites excluding steroid dienone is 2. The Labute approximate surface area is 221 Å². The molecule has 4 aliphatic rings. The minimum absolute atomic E-state index is 0.00646. The molecule has 11 nitrogen and oxygen atoms in total. The van der Waals surface area contributed by atoms with Gasteiger partial charge in [0.15, 0.2) is 5.82 Å². The molecule has 6 rings (SSSR count). The highest BCUT2D eigenvalue weighted by molar-refractivity contribution is 6.13. The number of aliphatic imine (C=N–C) groups is 2. The van der Waals surface area contributed by atoms with Crippen molar-refractivity contribution in [2.75, 3.05) is 25.0 Å². The van der Waals surface area contributed by atoms with Crippen molar-refractivity contribution in [1.82, 2.24) is 30.0 Å².